The van der Waals surface area contributed by atoms with Crippen LogP contribution in [0.15, 0.2) is 53.7 Å². The highest BCUT2D eigenvalue weighted by molar-refractivity contribution is 7.99. The van der Waals surface area contributed by atoms with Gasteiger partial charge in [-0.05, 0) is 25.1 Å². The lowest BCUT2D eigenvalue weighted by molar-refractivity contribution is -0.113. The van der Waals surface area contributed by atoms with Crippen LogP contribution < -0.4 is 11.2 Å². The van der Waals surface area contributed by atoms with Crippen molar-refractivity contribution in [3.8, 4) is 11.4 Å². The van der Waals surface area contributed by atoms with Crippen LogP contribution in [0.4, 0.5) is 5.69 Å². The molecule has 0 spiro atoms. The van der Waals surface area contributed by atoms with Gasteiger partial charge in [-0.1, -0.05) is 47.7 Å². The molecule has 3 N–H and O–H groups in total. The SMILES string of the molecule is COC(=O)c1cccc(NC(=O)CSc2nnc(-c3ccc(C)cc3)n2N)c1. The van der Waals surface area contributed by atoms with Crippen LogP contribution in [0.25, 0.3) is 11.4 Å². The van der Waals surface area contributed by atoms with Crippen LogP contribution in [0.2, 0.25) is 0 Å². The number of esters is 1. The van der Waals surface area contributed by atoms with E-state index >= 15 is 0 Å². The summed E-state index contributed by atoms with van der Waals surface area (Å²) in [5, 5.41) is 11.3. The van der Waals surface area contributed by atoms with Crippen LogP contribution in [0, 0.1) is 6.92 Å². The van der Waals surface area contributed by atoms with E-state index in [2.05, 4.69) is 20.3 Å². The topological polar surface area (TPSA) is 112 Å². The van der Waals surface area contributed by atoms with Gasteiger partial charge in [-0.2, -0.15) is 0 Å². The molecule has 0 bridgehead atoms. The van der Waals surface area contributed by atoms with Gasteiger partial charge in [0.2, 0.25) is 11.1 Å². The number of carbonyl (C=O) groups excluding carboxylic acids is 2. The number of nitrogens with zero attached hydrogens (tertiary/aromatic N) is 3. The molecule has 1 amide bonds. The summed E-state index contributed by atoms with van der Waals surface area (Å²) >= 11 is 1.17. The lowest BCUT2D eigenvalue weighted by Crippen LogP contribution is -2.16. The molecular formula is C19H19N5O3S. The molecule has 0 saturated heterocycles. The summed E-state index contributed by atoms with van der Waals surface area (Å²) in [6, 6.07) is 14.3. The van der Waals surface area contributed by atoms with E-state index in [1.54, 1.807) is 24.3 Å². The summed E-state index contributed by atoms with van der Waals surface area (Å²) < 4.78 is 6.03. The number of hydrogen-bond donors (Lipinski definition) is 2. The smallest absolute Gasteiger partial charge is 0.337 e. The quantitative estimate of drug-likeness (QED) is 0.373. The van der Waals surface area contributed by atoms with Crippen molar-refractivity contribution in [1.82, 2.24) is 14.9 Å². The summed E-state index contributed by atoms with van der Waals surface area (Å²) in [4.78, 5) is 23.8. The van der Waals surface area contributed by atoms with Crippen molar-refractivity contribution in [2.24, 2.45) is 0 Å². The monoisotopic (exact) mass is 397 g/mol. The van der Waals surface area contributed by atoms with Gasteiger partial charge in [-0.15, -0.1) is 10.2 Å². The number of nitrogen functional groups attached to an aromatic ring is 1. The number of nitrogens with two attached hydrogens (primary N) is 1. The Balaban J connectivity index is 1.62. The Morgan fingerprint density at radius 2 is 1.93 bits per heavy atom. The summed E-state index contributed by atoms with van der Waals surface area (Å²) in [7, 11) is 1.30. The van der Waals surface area contributed by atoms with Gasteiger partial charge >= 0.3 is 5.97 Å². The summed E-state index contributed by atoms with van der Waals surface area (Å²) in [5.74, 6) is 5.95. The Bertz CT molecular complexity index is 1000. The molecule has 8 nitrogen and oxygen atoms in total. The normalized spacial score (nSPS) is 10.5. The number of thioether (sulfide) groups is 1. The summed E-state index contributed by atoms with van der Waals surface area (Å²) in [5.41, 5.74) is 2.84. The summed E-state index contributed by atoms with van der Waals surface area (Å²) in [6.45, 7) is 2.00. The molecule has 0 aliphatic rings. The highest BCUT2D eigenvalue weighted by atomic mass is 32.2. The number of rotatable bonds is 6. The van der Waals surface area contributed by atoms with E-state index in [1.165, 1.54) is 23.5 Å². The van der Waals surface area contributed by atoms with Crippen LogP contribution in [-0.4, -0.2) is 39.6 Å². The van der Waals surface area contributed by atoms with Gasteiger partial charge in [0.15, 0.2) is 5.82 Å². The molecule has 1 aromatic heterocycles. The molecule has 3 rings (SSSR count). The Kier molecular flexibility index (Phi) is 5.95. The van der Waals surface area contributed by atoms with E-state index < -0.39 is 5.97 Å². The zero-order valence-corrected chi connectivity index (χ0v) is 16.2. The predicted molar refractivity (Wildman–Crippen MR) is 107 cm³/mol. The number of nitrogens with one attached hydrogen (secondary N) is 1. The average Bonchev–Trinajstić information content (AvgIpc) is 3.07. The van der Waals surface area contributed by atoms with E-state index in [0.29, 0.717) is 22.2 Å². The maximum Gasteiger partial charge on any atom is 0.337 e. The third-order valence-electron chi connectivity index (χ3n) is 3.87. The Hall–Kier alpha value is -3.33. The zero-order chi connectivity index (χ0) is 20.1. The van der Waals surface area contributed by atoms with Gasteiger partial charge in [-0.25, -0.2) is 9.47 Å². The number of hydrogen-bond acceptors (Lipinski definition) is 7. The van der Waals surface area contributed by atoms with Crippen LogP contribution >= 0.6 is 11.8 Å². The lowest BCUT2D eigenvalue weighted by atomic mass is 10.1. The maximum absolute atomic E-state index is 12.2. The van der Waals surface area contributed by atoms with Crippen molar-refractivity contribution < 1.29 is 14.3 Å². The standard InChI is InChI=1S/C19H19N5O3S/c1-12-6-8-13(9-7-12)17-22-23-19(24(17)20)28-11-16(25)21-15-5-3-4-14(10-15)18(26)27-2/h3-10H,11,20H2,1-2H3,(H,21,25). The molecule has 9 heteroatoms. The minimum absolute atomic E-state index is 0.0890. The molecule has 0 aliphatic carbocycles. The molecule has 0 atom stereocenters. The first-order valence-electron chi connectivity index (χ1n) is 8.36. The molecular weight excluding hydrogens is 378 g/mol. The second-order valence-electron chi connectivity index (χ2n) is 5.95. The molecule has 0 unspecified atom stereocenters. The number of aryl methyl sites for hydroxylation is 1. The van der Waals surface area contributed by atoms with E-state index in [9.17, 15) is 9.59 Å². The highest BCUT2D eigenvalue weighted by Gasteiger charge is 2.14. The number of aromatic nitrogens is 3. The van der Waals surface area contributed by atoms with E-state index in [0.717, 1.165) is 11.1 Å². The van der Waals surface area contributed by atoms with Crippen LogP contribution in [-0.2, 0) is 9.53 Å². The predicted octanol–water partition coefficient (Wildman–Crippen LogP) is 2.48. The van der Waals surface area contributed by atoms with Crippen LogP contribution in [0.1, 0.15) is 15.9 Å². The van der Waals surface area contributed by atoms with E-state index in [-0.39, 0.29) is 11.7 Å². The van der Waals surface area contributed by atoms with Gasteiger partial charge < -0.3 is 15.9 Å². The van der Waals surface area contributed by atoms with E-state index in [1.807, 2.05) is 31.2 Å². The number of benzene rings is 2. The molecule has 0 saturated carbocycles. The third kappa shape index (κ3) is 4.49. The fourth-order valence-electron chi connectivity index (χ4n) is 2.44. The van der Waals surface area contributed by atoms with Crippen molar-refractivity contribution in [3.05, 3.63) is 59.7 Å². The minimum Gasteiger partial charge on any atom is -0.465 e. The van der Waals surface area contributed by atoms with Gasteiger partial charge in [0.25, 0.3) is 0 Å². The molecule has 2 aromatic carbocycles. The Morgan fingerprint density at radius 3 is 2.64 bits per heavy atom. The van der Waals surface area contributed by atoms with Gasteiger partial charge in [-0.3, -0.25) is 4.79 Å². The highest BCUT2D eigenvalue weighted by Crippen LogP contribution is 2.22. The number of ether oxygens (including phenoxy) is 1. The minimum atomic E-state index is -0.467. The van der Waals surface area contributed by atoms with Gasteiger partial charge in [0.1, 0.15) is 0 Å². The molecule has 28 heavy (non-hydrogen) atoms. The fraction of sp³-hybridized carbons (Fsp3) is 0.158. The van der Waals surface area contributed by atoms with Crippen LogP contribution in [0.3, 0.4) is 0 Å². The Labute approximate surface area is 166 Å². The van der Waals surface area contributed by atoms with Crippen molar-refractivity contribution in [2.45, 2.75) is 12.1 Å². The second kappa shape index (κ2) is 8.57. The van der Waals surface area contributed by atoms with Crippen molar-refractivity contribution in [2.75, 3.05) is 24.0 Å². The molecule has 144 valence electrons. The van der Waals surface area contributed by atoms with Crippen LogP contribution in [0.5, 0.6) is 0 Å². The third-order valence-corrected chi connectivity index (χ3v) is 4.82. The largest absolute Gasteiger partial charge is 0.465 e. The second-order valence-corrected chi connectivity index (χ2v) is 6.89. The van der Waals surface area contributed by atoms with Gasteiger partial charge in [0, 0.05) is 11.3 Å². The molecule has 0 radical (unpaired) electrons. The summed E-state index contributed by atoms with van der Waals surface area (Å²) in [6.07, 6.45) is 0. The Morgan fingerprint density at radius 1 is 1.18 bits per heavy atom. The number of methoxy groups -OCH3 is 1. The number of carbonyl (C=O) groups is 2. The fourth-order valence-corrected chi connectivity index (χ4v) is 3.10. The first kappa shape index (κ1) is 19.4. The number of anilines is 1. The lowest BCUT2D eigenvalue weighted by Gasteiger charge is -2.07. The first-order valence-corrected chi connectivity index (χ1v) is 9.35. The van der Waals surface area contributed by atoms with Crippen molar-refractivity contribution in [1.29, 1.82) is 0 Å². The average molecular weight is 397 g/mol. The van der Waals surface area contributed by atoms with E-state index in [4.69, 9.17) is 5.84 Å². The molecule has 0 fully saturated rings. The first-order chi connectivity index (χ1) is 13.5. The number of amides is 1. The molecule has 1 heterocycles. The van der Waals surface area contributed by atoms with Gasteiger partial charge in [0.05, 0.1) is 18.4 Å². The van der Waals surface area contributed by atoms with Crippen molar-refractivity contribution >= 4 is 29.3 Å². The van der Waals surface area contributed by atoms with Crippen molar-refractivity contribution in [3.63, 3.8) is 0 Å². The molecule has 0 aliphatic heterocycles. The zero-order valence-electron chi connectivity index (χ0n) is 15.4. The molecule has 3 aromatic rings. The maximum atomic E-state index is 12.2.